The molecule has 1 fully saturated rings. The number of rotatable bonds is 4. The maximum atomic E-state index is 10.4. The van der Waals surface area contributed by atoms with Gasteiger partial charge < -0.3 is 14.7 Å². The second-order valence-electron chi connectivity index (χ2n) is 4.58. The van der Waals surface area contributed by atoms with Crippen molar-refractivity contribution in [2.45, 2.75) is 25.7 Å². The number of carboxylic acid groups (broad SMARTS) is 1. The maximum absolute atomic E-state index is 10.4. The fraction of sp³-hybridized carbons (Fsp3) is 0.500. The highest BCUT2D eigenvalue weighted by molar-refractivity contribution is 5.68. The third-order valence-corrected chi connectivity index (χ3v) is 3.17. The molecule has 98 valence electrons. The summed E-state index contributed by atoms with van der Waals surface area (Å²) in [5.74, 6) is -0.345. The molecule has 2 rings (SSSR count). The summed E-state index contributed by atoms with van der Waals surface area (Å²) in [6.45, 7) is 1.92. The number of anilines is 1. The van der Waals surface area contributed by atoms with Crippen LogP contribution >= 0.6 is 0 Å². The topological polar surface area (TPSA) is 49.8 Å². The van der Waals surface area contributed by atoms with E-state index in [2.05, 4.69) is 4.90 Å². The third-order valence-electron chi connectivity index (χ3n) is 3.17. The Morgan fingerprint density at radius 1 is 1.11 bits per heavy atom. The molecule has 1 saturated heterocycles. The summed E-state index contributed by atoms with van der Waals surface area (Å²) in [5.41, 5.74) is 1.19. The molecule has 1 aliphatic rings. The maximum Gasteiger partial charge on any atom is 0.341 e. The van der Waals surface area contributed by atoms with Crippen molar-refractivity contribution in [3.63, 3.8) is 0 Å². The van der Waals surface area contributed by atoms with E-state index in [-0.39, 0.29) is 6.61 Å². The Balaban J connectivity index is 1.95. The van der Waals surface area contributed by atoms with Crippen molar-refractivity contribution in [2.24, 2.45) is 0 Å². The number of carbonyl (C=O) groups is 1. The Bertz CT molecular complexity index is 381. The molecule has 18 heavy (non-hydrogen) atoms. The van der Waals surface area contributed by atoms with E-state index in [0.29, 0.717) is 5.75 Å². The van der Waals surface area contributed by atoms with Crippen molar-refractivity contribution in [1.82, 2.24) is 0 Å². The first kappa shape index (κ1) is 12.7. The summed E-state index contributed by atoms with van der Waals surface area (Å²) in [6.07, 6.45) is 5.13. The van der Waals surface area contributed by atoms with Crippen LogP contribution < -0.4 is 9.64 Å². The van der Waals surface area contributed by atoms with Gasteiger partial charge >= 0.3 is 5.97 Å². The van der Waals surface area contributed by atoms with Gasteiger partial charge in [0.1, 0.15) is 5.75 Å². The van der Waals surface area contributed by atoms with Gasteiger partial charge in [0, 0.05) is 18.8 Å². The molecule has 0 aromatic heterocycles. The van der Waals surface area contributed by atoms with Gasteiger partial charge in [0.2, 0.25) is 0 Å². The fourth-order valence-electron chi connectivity index (χ4n) is 2.23. The van der Waals surface area contributed by atoms with Crippen molar-refractivity contribution < 1.29 is 14.6 Å². The van der Waals surface area contributed by atoms with Gasteiger partial charge in [0.05, 0.1) is 0 Å². The quantitative estimate of drug-likeness (QED) is 0.890. The molecule has 0 unspecified atom stereocenters. The largest absolute Gasteiger partial charge is 0.482 e. The minimum absolute atomic E-state index is 0.289. The number of hydrogen-bond donors (Lipinski definition) is 1. The predicted octanol–water partition coefficient (Wildman–Crippen LogP) is 2.53. The van der Waals surface area contributed by atoms with E-state index in [1.165, 1.54) is 31.4 Å². The fourth-order valence-corrected chi connectivity index (χ4v) is 2.23. The monoisotopic (exact) mass is 249 g/mol. The van der Waals surface area contributed by atoms with Crippen LogP contribution in [0.25, 0.3) is 0 Å². The zero-order valence-corrected chi connectivity index (χ0v) is 10.5. The van der Waals surface area contributed by atoms with Crippen LogP contribution in [0.4, 0.5) is 5.69 Å². The van der Waals surface area contributed by atoms with E-state index in [1.807, 2.05) is 24.3 Å². The van der Waals surface area contributed by atoms with Crippen LogP contribution in [-0.2, 0) is 4.79 Å². The van der Waals surface area contributed by atoms with E-state index in [9.17, 15) is 4.79 Å². The van der Waals surface area contributed by atoms with Crippen LogP contribution in [0.5, 0.6) is 5.75 Å². The lowest BCUT2D eigenvalue weighted by molar-refractivity contribution is -0.139. The molecule has 1 aromatic carbocycles. The molecule has 0 aliphatic carbocycles. The number of hydrogen-bond acceptors (Lipinski definition) is 3. The minimum atomic E-state index is -0.952. The van der Waals surface area contributed by atoms with Crippen molar-refractivity contribution in [1.29, 1.82) is 0 Å². The van der Waals surface area contributed by atoms with Crippen molar-refractivity contribution in [3.8, 4) is 5.75 Å². The lowest BCUT2D eigenvalue weighted by Gasteiger charge is -2.22. The summed E-state index contributed by atoms with van der Waals surface area (Å²) < 4.78 is 5.12. The number of benzene rings is 1. The molecule has 0 spiro atoms. The lowest BCUT2D eigenvalue weighted by Crippen LogP contribution is -2.23. The van der Waals surface area contributed by atoms with E-state index < -0.39 is 5.97 Å². The molecule has 4 nitrogen and oxygen atoms in total. The molecule has 1 aromatic rings. The van der Waals surface area contributed by atoms with Gasteiger partial charge in [-0.3, -0.25) is 0 Å². The molecule has 0 saturated carbocycles. The first-order valence-electron chi connectivity index (χ1n) is 6.45. The van der Waals surface area contributed by atoms with Crippen LogP contribution in [0.2, 0.25) is 0 Å². The zero-order chi connectivity index (χ0) is 12.8. The van der Waals surface area contributed by atoms with Crippen LogP contribution in [0.15, 0.2) is 24.3 Å². The lowest BCUT2D eigenvalue weighted by atomic mass is 10.2. The van der Waals surface area contributed by atoms with Gasteiger partial charge in [-0.25, -0.2) is 4.79 Å². The molecular formula is C14H19NO3. The summed E-state index contributed by atoms with van der Waals surface area (Å²) in [5, 5.41) is 8.53. The van der Waals surface area contributed by atoms with Gasteiger partial charge in [-0.15, -0.1) is 0 Å². The van der Waals surface area contributed by atoms with Gasteiger partial charge in [0.25, 0.3) is 0 Å². The SMILES string of the molecule is O=C(O)COc1ccc(N2CCCCCC2)cc1. The van der Waals surface area contributed by atoms with Gasteiger partial charge in [-0.1, -0.05) is 12.8 Å². The average Bonchev–Trinajstić information content (AvgIpc) is 2.66. The Morgan fingerprint density at radius 3 is 2.28 bits per heavy atom. The van der Waals surface area contributed by atoms with Crippen molar-refractivity contribution in [2.75, 3.05) is 24.6 Å². The van der Waals surface area contributed by atoms with Gasteiger partial charge in [-0.2, -0.15) is 0 Å². The number of aliphatic carboxylic acids is 1. The molecule has 1 aliphatic heterocycles. The minimum Gasteiger partial charge on any atom is -0.482 e. The zero-order valence-electron chi connectivity index (χ0n) is 10.5. The van der Waals surface area contributed by atoms with Crippen LogP contribution in [0, 0.1) is 0 Å². The molecule has 0 bridgehead atoms. The number of carboxylic acids is 1. The molecule has 0 radical (unpaired) electrons. The Kier molecular flexibility index (Phi) is 4.45. The van der Waals surface area contributed by atoms with Crippen LogP contribution in [0.3, 0.4) is 0 Å². The standard InChI is InChI=1S/C14H19NO3/c16-14(17)11-18-13-7-5-12(6-8-13)15-9-3-1-2-4-10-15/h5-8H,1-4,9-11H2,(H,16,17). The molecule has 0 atom stereocenters. The van der Waals surface area contributed by atoms with Crippen LogP contribution in [-0.4, -0.2) is 30.8 Å². The number of nitrogens with zero attached hydrogens (tertiary/aromatic N) is 1. The molecular weight excluding hydrogens is 230 g/mol. The second kappa shape index (κ2) is 6.28. The normalized spacial score (nSPS) is 16.1. The van der Waals surface area contributed by atoms with E-state index in [1.54, 1.807) is 0 Å². The number of ether oxygens (including phenoxy) is 1. The van der Waals surface area contributed by atoms with E-state index in [0.717, 1.165) is 13.1 Å². The summed E-state index contributed by atoms with van der Waals surface area (Å²) in [4.78, 5) is 12.8. The average molecular weight is 249 g/mol. The Labute approximate surface area is 107 Å². The van der Waals surface area contributed by atoms with Crippen molar-refractivity contribution >= 4 is 11.7 Å². The summed E-state index contributed by atoms with van der Waals surface area (Å²) >= 11 is 0. The summed E-state index contributed by atoms with van der Waals surface area (Å²) in [7, 11) is 0. The molecule has 0 amide bonds. The van der Waals surface area contributed by atoms with E-state index in [4.69, 9.17) is 9.84 Å². The van der Waals surface area contributed by atoms with Crippen LogP contribution in [0.1, 0.15) is 25.7 Å². The third kappa shape index (κ3) is 3.65. The summed E-state index contributed by atoms with van der Waals surface area (Å²) in [6, 6.07) is 7.68. The van der Waals surface area contributed by atoms with Crippen molar-refractivity contribution in [3.05, 3.63) is 24.3 Å². The molecule has 1 heterocycles. The molecule has 4 heteroatoms. The van der Waals surface area contributed by atoms with E-state index >= 15 is 0 Å². The smallest absolute Gasteiger partial charge is 0.341 e. The molecule has 1 N–H and O–H groups in total. The first-order chi connectivity index (χ1) is 8.75. The Morgan fingerprint density at radius 2 is 1.72 bits per heavy atom. The first-order valence-corrected chi connectivity index (χ1v) is 6.45. The second-order valence-corrected chi connectivity index (χ2v) is 4.58. The highest BCUT2D eigenvalue weighted by atomic mass is 16.5. The highest BCUT2D eigenvalue weighted by Crippen LogP contribution is 2.22. The highest BCUT2D eigenvalue weighted by Gasteiger charge is 2.09. The Hall–Kier alpha value is -1.71. The predicted molar refractivity (Wildman–Crippen MR) is 70.3 cm³/mol. The van der Waals surface area contributed by atoms with Gasteiger partial charge in [0.15, 0.2) is 6.61 Å². The van der Waals surface area contributed by atoms with Gasteiger partial charge in [-0.05, 0) is 37.1 Å².